The van der Waals surface area contributed by atoms with Gasteiger partial charge in [-0.05, 0) is 42.6 Å². The average Bonchev–Trinajstić information content (AvgIpc) is 2.48. The van der Waals surface area contributed by atoms with Gasteiger partial charge in [0.25, 0.3) is 0 Å². The molecule has 3 unspecified atom stereocenters. The van der Waals surface area contributed by atoms with E-state index in [2.05, 4.69) is 46.5 Å². The van der Waals surface area contributed by atoms with Gasteiger partial charge < -0.3 is 19.0 Å². The third kappa shape index (κ3) is 8.92. The van der Waals surface area contributed by atoms with Crippen molar-refractivity contribution >= 4 is 33.6 Å². The van der Waals surface area contributed by atoms with Crippen molar-refractivity contribution in [3.05, 3.63) is 0 Å². The molecule has 4 nitrogen and oxygen atoms in total. The highest BCUT2D eigenvalue weighted by Gasteiger charge is 2.37. The summed E-state index contributed by atoms with van der Waals surface area (Å²) in [6.45, 7) is 11.4. The summed E-state index contributed by atoms with van der Waals surface area (Å²) in [7, 11) is 1.42. The Labute approximate surface area is 161 Å². The second kappa shape index (κ2) is 11.5. The fourth-order valence-electron chi connectivity index (χ4n) is 2.25. The van der Waals surface area contributed by atoms with Crippen LogP contribution in [0.3, 0.4) is 0 Å². The highest BCUT2D eigenvalue weighted by molar-refractivity contribution is 7.81. The van der Waals surface area contributed by atoms with Crippen LogP contribution in [-0.4, -0.2) is 57.6 Å². The summed E-state index contributed by atoms with van der Waals surface area (Å²) in [4.78, 5) is 0. The van der Waals surface area contributed by atoms with E-state index in [4.69, 9.17) is 26.5 Å². The minimum Gasteiger partial charge on any atom is -0.414 e. The predicted octanol–water partition coefficient (Wildman–Crippen LogP) is 4.00. The van der Waals surface area contributed by atoms with Gasteiger partial charge in [-0.2, -0.15) is 25.3 Å². The van der Waals surface area contributed by atoms with Gasteiger partial charge in [-0.15, -0.1) is 0 Å². The van der Waals surface area contributed by atoms with Gasteiger partial charge in [0, 0.05) is 25.9 Å². The standard InChI is InChI=1S/C17H38O4S2Si/c1-17(2,3)24(6,7)21-12-14(18)10-13(15(23)8-9-22)11-16(19-4)20-5/h13-16,18,22-23H,8-12H2,1-7H3. The van der Waals surface area contributed by atoms with Crippen LogP contribution in [0.4, 0.5) is 0 Å². The Morgan fingerprint density at radius 3 is 2.04 bits per heavy atom. The van der Waals surface area contributed by atoms with E-state index in [-0.39, 0.29) is 22.5 Å². The van der Waals surface area contributed by atoms with Gasteiger partial charge in [0.2, 0.25) is 0 Å². The lowest BCUT2D eigenvalue weighted by atomic mass is 9.92. The Morgan fingerprint density at radius 1 is 1.08 bits per heavy atom. The second-order valence-corrected chi connectivity index (χ2v) is 13.9. The molecular weight excluding hydrogens is 360 g/mol. The molecule has 0 aliphatic carbocycles. The summed E-state index contributed by atoms with van der Waals surface area (Å²) in [5.74, 6) is 0.953. The highest BCUT2D eigenvalue weighted by Crippen LogP contribution is 2.37. The van der Waals surface area contributed by atoms with E-state index in [1.165, 1.54) is 0 Å². The molecule has 0 radical (unpaired) electrons. The summed E-state index contributed by atoms with van der Waals surface area (Å²) in [5.41, 5.74) is 0. The average molecular weight is 399 g/mol. The molecule has 0 fully saturated rings. The van der Waals surface area contributed by atoms with Crippen molar-refractivity contribution in [3.63, 3.8) is 0 Å². The number of thiol groups is 2. The molecule has 0 saturated carbocycles. The molecule has 0 rings (SSSR count). The number of aliphatic hydroxyl groups is 1. The maximum Gasteiger partial charge on any atom is 0.192 e. The molecule has 0 spiro atoms. The van der Waals surface area contributed by atoms with Crippen molar-refractivity contribution in [2.75, 3.05) is 26.6 Å². The first kappa shape index (κ1) is 24.8. The van der Waals surface area contributed by atoms with Crippen LogP contribution in [0.25, 0.3) is 0 Å². The molecule has 0 aromatic heterocycles. The highest BCUT2D eigenvalue weighted by atomic mass is 32.1. The van der Waals surface area contributed by atoms with Gasteiger partial charge in [-0.3, -0.25) is 0 Å². The zero-order valence-corrected chi connectivity index (χ0v) is 19.2. The number of hydrogen-bond donors (Lipinski definition) is 3. The molecular formula is C17H38O4S2Si. The Kier molecular flexibility index (Phi) is 11.8. The number of rotatable bonds is 12. The van der Waals surface area contributed by atoms with E-state index in [9.17, 15) is 5.11 Å². The quantitative estimate of drug-likeness (QED) is 0.264. The van der Waals surface area contributed by atoms with Crippen LogP contribution in [0.5, 0.6) is 0 Å². The Morgan fingerprint density at radius 2 is 1.62 bits per heavy atom. The number of methoxy groups -OCH3 is 2. The monoisotopic (exact) mass is 398 g/mol. The summed E-state index contributed by atoms with van der Waals surface area (Å²) < 4.78 is 16.8. The first-order chi connectivity index (χ1) is 11.0. The van der Waals surface area contributed by atoms with E-state index in [1.54, 1.807) is 14.2 Å². The Balaban J connectivity index is 4.71. The summed E-state index contributed by atoms with van der Waals surface area (Å²) in [5, 5.41) is 10.8. The normalized spacial score (nSPS) is 17.1. The van der Waals surface area contributed by atoms with Crippen molar-refractivity contribution in [1.29, 1.82) is 0 Å². The van der Waals surface area contributed by atoms with E-state index < -0.39 is 14.4 Å². The first-order valence-electron chi connectivity index (χ1n) is 8.65. The van der Waals surface area contributed by atoms with Crippen LogP contribution in [0.15, 0.2) is 0 Å². The van der Waals surface area contributed by atoms with Crippen molar-refractivity contribution in [3.8, 4) is 0 Å². The van der Waals surface area contributed by atoms with Crippen molar-refractivity contribution in [2.24, 2.45) is 5.92 Å². The van der Waals surface area contributed by atoms with E-state index in [0.29, 0.717) is 19.4 Å². The maximum absolute atomic E-state index is 10.5. The van der Waals surface area contributed by atoms with Crippen LogP contribution in [0, 0.1) is 5.92 Å². The van der Waals surface area contributed by atoms with Gasteiger partial charge in [0.15, 0.2) is 14.6 Å². The minimum absolute atomic E-state index is 0.140. The predicted molar refractivity (Wildman–Crippen MR) is 111 cm³/mol. The topological polar surface area (TPSA) is 47.9 Å². The first-order valence-corrected chi connectivity index (χ1v) is 12.7. The van der Waals surface area contributed by atoms with Crippen molar-refractivity contribution in [2.45, 2.75) is 75.8 Å². The fourth-order valence-corrected chi connectivity index (χ4v) is 4.15. The third-order valence-corrected chi connectivity index (χ3v) is 10.4. The zero-order chi connectivity index (χ0) is 19.0. The van der Waals surface area contributed by atoms with Gasteiger partial charge >= 0.3 is 0 Å². The molecule has 0 aromatic carbocycles. The summed E-state index contributed by atoms with van der Waals surface area (Å²) in [6.07, 6.45) is 1.42. The smallest absolute Gasteiger partial charge is 0.192 e. The largest absolute Gasteiger partial charge is 0.414 e. The number of hydrogen-bond acceptors (Lipinski definition) is 6. The molecule has 24 heavy (non-hydrogen) atoms. The van der Waals surface area contributed by atoms with Crippen LogP contribution >= 0.6 is 25.3 Å². The number of ether oxygens (including phenoxy) is 2. The SMILES string of the molecule is COC(CC(CC(O)CO[Si](C)(C)C(C)(C)C)C(S)CCS)OC. The molecule has 0 saturated heterocycles. The van der Waals surface area contributed by atoms with Gasteiger partial charge in [-0.1, -0.05) is 20.8 Å². The lowest BCUT2D eigenvalue weighted by molar-refractivity contribution is -0.116. The molecule has 0 amide bonds. The van der Waals surface area contributed by atoms with Crippen LogP contribution in [0.1, 0.15) is 40.0 Å². The fraction of sp³-hybridized carbons (Fsp3) is 1.00. The molecule has 146 valence electrons. The second-order valence-electron chi connectivity index (χ2n) is 7.94. The Bertz CT molecular complexity index is 333. The summed E-state index contributed by atoms with van der Waals surface area (Å²) >= 11 is 9.00. The number of aliphatic hydroxyl groups excluding tert-OH is 1. The van der Waals surface area contributed by atoms with Crippen LogP contribution in [0.2, 0.25) is 18.1 Å². The lowest BCUT2D eigenvalue weighted by Gasteiger charge is -2.37. The molecule has 1 N–H and O–H groups in total. The zero-order valence-electron chi connectivity index (χ0n) is 16.4. The molecule has 3 atom stereocenters. The van der Waals surface area contributed by atoms with E-state index in [1.807, 2.05) is 0 Å². The van der Waals surface area contributed by atoms with Crippen LogP contribution < -0.4 is 0 Å². The molecule has 0 aliphatic heterocycles. The van der Waals surface area contributed by atoms with Crippen molar-refractivity contribution in [1.82, 2.24) is 0 Å². The lowest BCUT2D eigenvalue weighted by Crippen LogP contribution is -2.43. The molecule has 0 bridgehead atoms. The van der Waals surface area contributed by atoms with Gasteiger partial charge in [-0.25, -0.2) is 0 Å². The molecule has 7 heteroatoms. The van der Waals surface area contributed by atoms with E-state index in [0.717, 1.165) is 12.2 Å². The van der Waals surface area contributed by atoms with Crippen LogP contribution in [-0.2, 0) is 13.9 Å². The van der Waals surface area contributed by atoms with E-state index >= 15 is 0 Å². The Hall–Kier alpha value is 0.757. The van der Waals surface area contributed by atoms with Gasteiger partial charge in [0.05, 0.1) is 12.7 Å². The molecule has 0 aromatic rings. The maximum atomic E-state index is 10.5. The minimum atomic E-state index is -1.85. The third-order valence-electron chi connectivity index (χ3n) is 5.01. The summed E-state index contributed by atoms with van der Waals surface area (Å²) in [6, 6.07) is 0. The van der Waals surface area contributed by atoms with Crippen molar-refractivity contribution < 1.29 is 19.0 Å². The van der Waals surface area contributed by atoms with Gasteiger partial charge in [0.1, 0.15) is 0 Å². The molecule has 0 heterocycles. The molecule has 0 aliphatic rings.